The van der Waals surface area contributed by atoms with Crippen LogP contribution >= 0.6 is 11.6 Å². The molecular weight excluding hydrogens is 630 g/mol. The number of nitrogen functional groups attached to an aromatic ring is 1. The van der Waals surface area contributed by atoms with Crippen molar-refractivity contribution in [2.75, 3.05) is 12.3 Å². The molecule has 0 spiro atoms. The Labute approximate surface area is 278 Å². The fraction of sp³-hybridized carbons (Fsp3) is 0.394. The summed E-state index contributed by atoms with van der Waals surface area (Å²) in [6, 6.07) is 12.8. The van der Waals surface area contributed by atoms with E-state index in [1.165, 1.54) is 18.2 Å². The average Bonchev–Trinajstić information content (AvgIpc) is 3.00. The average molecular weight is 670 g/mol. The Balaban J connectivity index is 0.000000756. The van der Waals surface area contributed by atoms with Crippen LogP contribution in [0.1, 0.15) is 52.0 Å². The summed E-state index contributed by atoms with van der Waals surface area (Å²) in [5, 5.41) is 26.7. The number of nitro groups is 1. The maximum Gasteiger partial charge on any atom is 0.407 e. The predicted octanol–water partition coefficient (Wildman–Crippen LogP) is 6.15. The van der Waals surface area contributed by atoms with Crippen LogP contribution in [0.3, 0.4) is 0 Å². The molecule has 1 aliphatic rings. The molecule has 0 unspecified atom stereocenters. The molecule has 0 aliphatic heterocycles. The van der Waals surface area contributed by atoms with Crippen LogP contribution in [0.25, 0.3) is 0 Å². The fourth-order valence-corrected chi connectivity index (χ4v) is 4.96. The second kappa shape index (κ2) is 17.1. The zero-order valence-electron chi connectivity index (χ0n) is 26.5. The standard InChI is InChI=1S/C28H34ClN3O8.C5H6N2/c1-28(2,3)40-27(36)30-16-18-4-8-19(9-5-18)25(33)31-22(26(34)35)14-17-6-11-21(12-7-17)39-24-15-20(29)10-13-23(24)32(37)38;6-5-1-3-7-4-2-5/h6-7,10-13,15,18-19,22H,4-5,8-9,14,16H2,1-3H3,(H,30,36)(H,31,33)(H,34,35);1-4H,(H2,6,7)/t18-,19-,22-;/m0./s1. The number of ether oxygens (including phenoxy) is 2. The molecule has 1 atom stereocenters. The highest BCUT2D eigenvalue weighted by Gasteiger charge is 2.30. The minimum Gasteiger partial charge on any atom is -0.480 e. The van der Waals surface area contributed by atoms with E-state index in [1.54, 1.807) is 69.6 Å². The van der Waals surface area contributed by atoms with Gasteiger partial charge in [-0.05, 0) is 88.3 Å². The van der Waals surface area contributed by atoms with Gasteiger partial charge in [-0.2, -0.15) is 0 Å². The van der Waals surface area contributed by atoms with Gasteiger partial charge in [0.2, 0.25) is 11.7 Å². The van der Waals surface area contributed by atoms with Crippen molar-refractivity contribution in [3.63, 3.8) is 0 Å². The second-order valence-corrected chi connectivity index (χ2v) is 12.5. The van der Waals surface area contributed by atoms with Gasteiger partial charge in [-0.15, -0.1) is 0 Å². The molecule has 47 heavy (non-hydrogen) atoms. The number of aliphatic carboxylic acids is 1. The third-order valence-electron chi connectivity index (χ3n) is 7.18. The molecule has 2 amide bonds. The van der Waals surface area contributed by atoms with Crippen molar-refractivity contribution < 1.29 is 33.9 Å². The quantitative estimate of drug-likeness (QED) is 0.144. The highest BCUT2D eigenvalue weighted by molar-refractivity contribution is 6.30. The van der Waals surface area contributed by atoms with E-state index < -0.39 is 28.6 Å². The number of anilines is 1. The van der Waals surface area contributed by atoms with Gasteiger partial charge in [0.25, 0.3) is 0 Å². The van der Waals surface area contributed by atoms with Crippen molar-refractivity contribution in [2.24, 2.45) is 11.8 Å². The summed E-state index contributed by atoms with van der Waals surface area (Å²) in [5.41, 5.74) is 5.90. The first-order valence-electron chi connectivity index (χ1n) is 15.1. The molecule has 4 rings (SSSR count). The van der Waals surface area contributed by atoms with Crippen molar-refractivity contribution in [3.8, 4) is 11.5 Å². The lowest BCUT2D eigenvalue weighted by Gasteiger charge is -2.29. The van der Waals surface area contributed by atoms with Crippen molar-refractivity contribution in [2.45, 2.75) is 64.5 Å². The SMILES string of the molecule is CC(C)(C)OC(=O)NC[C@H]1CC[C@H](C(=O)N[C@@H](Cc2ccc(Oc3cc(Cl)ccc3[N+](=O)[O-])cc2)C(=O)O)CC1.Nc1ccncc1. The number of aromatic nitrogens is 1. The van der Waals surface area contributed by atoms with Crippen molar-refractivity contribution in [1.29, 1.82) is 0 Å². The summed E-state index contributed by atoms with van der Waals surface area (Å²) in [4.78, 5) is 51.1. The Hall–Kier alpha value is -4.91. The van der Waals surface area contributed by atoms with E-state index in [0.717, 1.165) is 18.5 Å². The molecule has 252 valence electrons. The number of rotatable bonds is 10. The lowest BCUT2D eigenvalue weighted by Crippen LogP contribution is -2.46. The second-order valence-electron chi connectivity index (χ2n) is 12.1. The van der Waals surface area contributed by atoms with Crippen molar-refractivity contribution in [1.82, 2.24) is 15.6 Å². The Morgan fingerprint density at radius 1 is 1.06 bits per heavy atom. The number of carbonyl (C=O) groups excluding carboxylic acids is 2. The van der Waals surface area contributed by atoms with E-state index in [2.05, 4.69) is 15.6 Å². The minimum absolute atomic E-state index is 0.0173. The van der Waals surface area contributed by atoms with Gasteiger partial charge in [0, 0.05) is 54.1 Å². The lowest BCUT2D eigenvalue weighted by atomic mass is 9.81. The van der Waals surface area contributed by atoms with Crippen LogP contribution < -0.4 is 21.1 Å². The highest BCUT2D eigenvalue weighted by Crippen LogP contribution is 2.34. The van der Waals surface area contributed by atoms with Crippen molar-refractivity contribution >= 4 is 40.9 Å². The molecule has 14 heteroatoms. The number of hydrogen-bond donors (Lipinski definition) is 4. The number of nitro benzene ring substituents is 1. The Kier molecular flexibility index (Phi) is 13.3. The van der Waals surface area contributed by atoms with Gasteiger partial charge in [0.1, 0.15) is 17.4 Å². The number of amides is 2. The topological polar surface area (TPSA) is 196 Å². The monoisotopic (exact) mass is 669 g/mol. The van der Waals surface area contributed by atoms with E-state index in [1.807, 2.05) is 0 Å². The number of benzene rings is 2. The zero-order chi connectivity index (χ0) is 34.6. The zero-order valence-corrected chi connectivity index (χ0v) is 27.2. The summed E-state index contributed by atoms with van der Waals surface area (Å²) >= 11 is 5.94. The van der Waals surface area contributed by atoms with Crippen LogP contribution in [0.2, 0.25) is 5.02 Å². The molecular formula is C33H40ClN5O8. The van der Waals surface area contributed by atoms with Crippen LogP contribution in [0, 0.1) is 22.0 Å². The number of hydrogen-bond acceptors (Lipinski definition) is 9. The maximum absolute atomic E-state index is 12.9. The van der Waals surface area contributed by atoms with E-state index >= 15 is 0 Å². The Morgan fingerprint density at radius 2 is 1.70 bits per heavy atom. The van der Waals surface area contributed by atoms with E-state index in [0.29, 0.717) is 30.7 Å². The smallest absolute Gasteiger partial charge is 0.407 e. The number of carboxylic acids is 1. The van der Waals surface area contributed by atoms with Gasteiger partial charge in [-0.25, -0.2) is 9.59 Å². The predicted molar refractivity (Wildman–Crippen MR) is 176 cm³/mol. The molecule has 13 nitrogen and oxygen atoms in total. The summed E-state index contributed by atoms with van der Waals surface area (Å²) in [6.07, 6.45) is 5.57. The normalized spacial score (nSPS) is 16.4. The van der Waals surface area contributed by atoms with Crippen LogP contribution in [-0.4, -0.2) is 51.2 Å². The molecule has 2 aromatic carbocycles. The number of carbonyl (C=O) groups is 3. The van der Waals surface area contributed by atoms with E-state index in [4.69, 9.17) is 26.8 Å². The Morgan fingerprint density at radius 3 is 2.23 bits per heavy atom. The third-order valence-corrected chi connectivity index (χ3v) is 7.42. The first-order chi connectivity index (χ1) is 22.2. The van der Waals surface area contributed by atoms with Gasteiger partial charge in [0.05, 0.1) is 4.92 Å². The van der Waals surface area contributed by atoms with E-state index in [-0.39, 0.29) is 40.6 Å². The van der Waals surface area contributed by atoms with Gasteiger partial charge in [-0.3, -0.25) is 19.9 Å². The summed E-state index contributed by atoms with van der Waals surface area (Å²) in [7, 11) is 0. The molecule has 1 aliphatic carbocycles. The molecule has 0 saturated heterocycles. The Bertz CT molecular complexity index is 1510. The van der Waals surface area contributed by atoms with Gasteiger partial charge < -0.3 is 30.9 Å². The number of nitrogens with zero attached hydrogens (tertiary/aromatic N) is 2. The molecule has 1 heterocycles. The summed E-state index contributed by atoms with van der Waals surface area (Å²) in [6.45, 7) is 5.85. The van der Waals surface area contributed by atoms with Crippen LogP contribution in [0.5, 0.6) is 11.5 Å². The van der Waals surface area contributed by atoms with Gasteiger partial charge >= 0.3 is 17.7 Å². The highest BCUT2D eigenvalue weighted by atomic mass is 35.5. The number of alkyl carbamates (subject to hydrolysis) is 1. The largest absolute Gasteiger partial charge is 0.480 e. The van der Waals surface area contributed by atoms with E-state index in [9.17, 15) is 29.6 Å². The van der Waals surface area contributed by atoms with Crippen LogP contribution in [0.4, 0.5) is 16.2 Å². The minimum atomic E-state index is -1.15. The lowest BCUT2D eigenvalue weighted by molar-refractivity contribution is -0.385. The summed E-state index contributed by atoms with van der Waals surface area (Å²) < 4.78 is 10.9. The number of halogens is 1. The van der Waals surface area contributed by atoms with Crippen LogP contribution in [0.15, 0.2) is 67.0 Å². The summed E-state index contributed by atoms with van der Waals surface area (Å²) in [5.74, 6) is -1.25. The number of carboxylic acid groups (broad SMARTS) is 1. The fourth-order valence-electron chi connectivity index (χ4n) is 4.80. The van der Waals surface area contributed by atoms with Crippen LogP contribution in [-0.2, 0) is 20.7 Å². The molecule has 3 aromatic rings. The molecule has 5 N–H and O–H groups in total. The number of pyridine rings is 1. The third kappa shape index (κ3) is 12.8. The molecule has 1 aromatic heterocycles. The molecule has 1 fully saturated rings. The number of nitrogens with two attached hydrogens (primary N) is 1. The maximum atomic E-state index is 12.9. The molecule has 0 bridgehead atoms. The van der Waals surface area contributed by atoms with Gasteiger partial charge in [-0.1, -0.05) is 23.7 Å². The van der Waals surface area contributed by atoms with Gasteiger partial charge in [0.15, 0.2) is 0 Å². The first-order valence-corrected chi connectivity index (χ1v) is 15.4. The number of nitrogens with one attached hydrogen (secondary N) is 2. The first kappa shape index (κ1) is 36.6. The molecule has 1 saturated carbocycles. The van der Waals surface area contributed by atoms with Crippen molar-refractivity contribution in [3.05, 3.63) is 87.7 Å². The molecule has 0 radical (unpaired) electrons.